The van der Waals surface area contributed by atoms with Gasteiger partial charge in [-0.3, -0.25) is 14.4 Å². The fraction of sp³-hybridized carbons (Fsp3) is 0.839. The molecule has 0 unspecified atom stereocenters. The Morgan fingerprint density at radius 3 is 2.50 bits per heavy atom. The number of ketones is 2. The van der Waals surface area contributed by atoms with E-state index in [2.05, 4.69) is 11.3 Å². The van der Waals surface area contributed by atoms with E-state index in [1.165, 1.54) is 0 Å². The summed E-state index contributed by atoms with van der Waals surface area (Å²) >= 11 is 0. The molecule has 4 bridgehead atoms. The maximum absolute atomic E-state index is 14.2. The summed E-state index contributed by atoms with van der Waals surface area (Å²) < 4.78 is 39.7. The number of hydrogen-bond donors (Lipinski definition) is 3. The first-order valence-corrected chi connectivity index (χ1v) is 17.3. The lowest BCUT2D eigenvalue weighted by atomic mass is 9.36. The molecule has 0 aromatic rings. The summed E-state index contributed by atoms with van der Waals surface area (Å²) in [4.78, 5) is 41.8. The van der Waals surface area contributed by atoms with E-state index in [0.717, 1.165) is 6.42 Å². The van der Waals surface area contributed by atoms with Gasteiger partial charge in [0.1, 0.15) is 23.4 Å². The summed E-state index contributed by atoms with van der Waals surface area (Å²) in [5, 5.41) is 24.1. The summed E-state index contributed by atoms with van der Waals surface area (Å²) in [6.07, 6.45) is 2.35. The number of aliphatic hydroxyl groups is 2. The predicted molar refractivity (Wildman–Crippen MR) is 151 cm³/mol. The van der Waals surface area contributed by atoms with Crippen molar-refractivity contribution in [3.8, 4) is 0 Å². The first kappa shape index (κ1) is 30.4. The van der Waals surface area contributed by atoms with Gasteiger partial charge >= 0.3 is 5.97 Å². The van der Waals surface area contributed by atoms with Crippen LogP contribution in [0.2, 0.25) is 0 Å². The molecule has 0 aromatic heterocycles. The monoisotopic (exact) mass is 607 g/mol. The number of sulfonamides is 1. The first-order chi connectivity index (χ1) is 19.7. The molecule has 2 saturated heterocycles. The first-order valence-electron chi connectivity index (χ1n) is 15.7. The van der Waals surface area contributed by atoms with Gasteiger partial charge in [0.05, 0.1) is 23.7 Å². The number of hydrogen-bond acceptors (Lipinski definition) is 9. The van der Waals surface area contributed by atoms with Crippen molar-refractivity contribution in [2.24, 2.45) is 39.9 Å². The van der Waals surface area contributed by atoms with Crippen molar-refractivity contribution in [2.75, 3.05) is 12.4 Å². The molecule has 5 aliphatic carbocycles. The third-order valence-corrected chi connectivity index (χ3v) is 13.6. The molecule has 8 atom stereocenters. The summed E-state index contributed by atoms with van der Waals surface area (Å²) in [5.41, 5.74) is -3.22. The normalized spacial score (nSPS) is 45.8. The van der Waals surface area contributed by atoms with Crippen LogP contribution in [0.5, 0.6) is 0 Å². The highest BCUT2D eigenvalue weighted by Gasteiger charge is 2.88. The SMILES string of the molecule is C=C1C(=O)[C@]23[C@H](OC(=O)C4CCC(NS(=O)(=O)CCCC)CC4)[C@H]1CC[C@H]2[C@@]12CO[C@@]3(O)[C@@H](O)[C@@H]1C(C)(C)CCC2=O. The highest BCUT2D eigenvalue weighted by molar-refractivity contribution is 7.89. The van der Waals surface area contributed by atoms with Crippen LogP contribution in [0.3, 0.4) is 0 Å². The van der Waals surface area contributed by atoms with Crippen LogP contribution in [0.15, 0.2) is 12.2 Å². The van der Waals surface area contributed by atoms with Crippen molar-refractivity contribution in [2.45, 2.75) is 109 Å². The average Bonchev–Trinajstić information content (AvgIpc) is 3.05. The largest absolute Gasteiger partial charge is 0.460 e. The molecular weight excluding hydrogens is 562 g/mol. The second-order valence-electron chi connectivity index (χ2n) is 14.5. The minimum absolute atomic E-state index is 0.0643. The number of fused-ring (bicyclic) bond motifs is 2. The van der Waals surface area contributed by atoms with E-state index >= 15 is 0 Å². The van der Waals surface area contributed by atoms with Crippen molar-refractivity contribution in [3.63, 3.8) is 0 Å². The van der Waals surface area contributed by atoms with E-state index in [4.69, 9.17) is 9.47 Å². The standard InChI is InChI=1S/C31H45NO9S/c1-5-6-15-42(38,39)32-19-9-7-18(8-10-19)27(36)41-26-20-11-12-21-29-16-40-31(37,30(21,26)24(34)17(20)2)25(35)23(29)28(3,4)14-13-22(29)33/h18-21,23,25-26,32,35,37H,2,5-16H2,1,3-4H3/t18?,19?,20-,21-,23+,25-,26+,29+,30-,31-/m0/s1. The Kier molecular flexibility index (Phi) is 7.18. The van der Waals surface area contributed by atoms with Gasteiger partial charge in [0, 0.05) is 24.3 Å². The Morgan fingerprint density at radius 1 is 1.14 bits per heavy atom. The number of esters is 1. The third-order valence-electron chi connectivity index (χ3n) is 12.0. The molecule has 7 aliphatic rings. The summed E-state index contributed by atoms with van der Waals surface area (Å²) in [7, 11) is -3.38. The van der Waals surface area contributed by atoms with Gasteiger partial charge < -0.3 is 19.7 Å². The van der Waals surface area contributed by atoms with Crippen molar-refractivity contribution < 1.29 is 42.5 Å². The molecule has 5 saturated carbocycles. The van der Waals surface area contributed by atoms with Gasteiger partial charge in [-0.15, -0.1) is 0 Å². The Hall–Kier alpha value is -1.66. The molecule has 0 radical (unpaired) electrons. The van der Waals surface area contributed by atoms with Crippen molar-refractivity contribution in [1.29, 1.82) is 0 Å². The van der Waals surface area contributed by atoms with Crippen LogP contribution >= 0.6 is 0 Å². The molecule has 10 nitrogen and oxygen atoms in total. The van der Waals surface area contributed by atoms with Crippen LogP contribution in [0.4, 0.5) is 0 Å². The zero-order valence-electron chi connectivity index (χ0n) is 24.9. The molecule has 7 fully saturated rings. The fourth-order valence-corrected chi connectivity index (χ4v) is 11.6. The molecule has 2 aliphatic heterocycles. The van der Waals surface area contributed by atoms with E-state index in [0.29, 0.717) is 57.8 Å². The Morgan fingerprint density at radius 2 is 1.83 bits per heavy atom. The zero-order chi connectivity index (χ0) is 30.5. The Bertz CT molecular complexity index is 1300. The maximum Gasteiger partial charge on any atom is 0.309 e. The average molecular weight is 608 g/mol. The molecule has 2 spiro atoms. The molecule has 234 valence electrons. The molecule has 7 rings (SSSR count). The molecule has 42 heavy (non-hydrogen) atoms. The molecular formula is C31H45NO9S. The highest BCUT2D eigenvalue weighted by atomic mass is 32.2. The molecule has 3 N–H and O–H groups in total. The number of carbonyl (C=O) groups excluding carboxylic acids is 3. The second-order valence-corrected chi connectivity index (χ2v) is 16.4. The van der Waals surface area contributed by atoms with Crippen LogP contribution in [-0.4, -0.2) is 72.6 Å². The predicted octanol–water partition coefficient (Wildman–Crippen LogP) is 2.41. The van der Waals surface area contributed by atoms with Gasteiger partial charge in [-0.25, -0.2) is 13.1 Å². The van der Waals surface area contributed by atoms with E-state index in [1.54, 1.807) is 0 Å². The zero-order valence-corrected chi connectivity index (χ0v) is 25.7. The summed E-state index contributed by atoms with van der Waals surface area (Å²) in [6.45, 7) is 9.89. The fourth-order valence-electron chi connectivity index (χ4n) is 10.1. The topological polar surface area (TPSA) is 156 Å². The number of ether oxygens (including phenoxy) is 2. The lowest BCUT2D eigenvalue weighted by Gasteiger charge is -2.73. The van der Waals surface area contributed by atoms with Crippen molar-refractivity contribution in [3.05, 3.63) is 12.2 Å². The van der Waals surface area contributed by atoms with Gasteiger partial charge in [0.25, 0.3) is 0 Å². The summed E-state index contributed by atoms with van der Waals surface area (Å²) in [6, 6.07) is -0.249. The number of rotatable bonds is 7. The van der Waals surface area contributed by atoms with Gasteiger partial charge in [-0.1, -0.05) is 33.8 Å². The van der Waals surface area contributed by atoms with E-state index < -0.39 is 79.7 Å². The van der Waals surface area contributed by atoms with E-state index in [-0.39, 0.29) is 29.8 Å². The van der Waals surface area contributed by atoms with Gasteiger partial charge in [0.15, 0.2) is 5.78 Å². The van der Waals surface area contributed by atoms with Crippen LogP contribution in [-0.2, 0) is 33.9 Å². The Balaban J connectivity index is 1.28. The van der Waals surface area contributed by atoms with E-state index in [1.807, 2.05) is 20.8 Å². The van der Waals surface area contributed by atoms with Crippen LogP contribution in [0, 0.1) is 39.9 Å². The van der Waals surface area contributed by atoms with Gasteiger partial charge in [-0.05, 0) is 68.3 Å². The molecule has 0 amide bonds. The number of unbranched alkanes of at least 4 members (excludes halogenated alkanes) is 1. The van der Waals surface area contributed by atoms with Gasteiger partial charge in [-0.2, -0.15) is 0 Å². The van der Waals surface area contributed by atoms with E-state index in [9.17, 15) is 33.0 Å². The minimum Gasteiger partial charge on any atom is -0.460 e. The number of Topliss-reactive ketones (excluding diaryl/α,β-unsaturated/α-hetero) is 2. The van der Waals surface area contributed by atoms with Crippen LogP contribution in [0.25, 0.3) is 0 Å². The number of carbonyl (C=O) groups is 3. The summed E-state index contributed by atoms with van der Waals surface area (Å²) in [5.74, 6) is -5.60. The highest BCUT2D eigenvalue weighted by Crippen LogP contribution is 2.76. The number of nitrogens with one attached hydrogen (secondary N) is 1. The minimum atomic E-state index is -3.38. The molecule has 2 heterocycles. The lowest BCUT2D eigenvalue weighted by molar-refractivity contribution is -0.437. The van der Waals surface area contributed by atoms with Gasteiger partial charge in [0.2, 0.25) is 15.8 Å². The third kappa shape index (κ3) is 3.88. The smallest absolute Gasteiger partial charge is 0.309 e. The quantitative estimate of drug-likeness (QED) is 0.292. The van der Waals surface area contributed by atoms with Crippen molar-refractivity contribution in [1.82, 2.24) is 4.72 Å². The second kappa shape index (κ2) is 9.92. The van der Waals surface area contributed by atoms with Crippen LogP contribution in [0.1, 0.15) is 85.0 Å². The van der Waals surface area contributed by atoms with Crippen LogP contribution < -0.4 is 4.72 Å². The Labute approximate surface area is 248 Å². The van der Waals surface area contributed by atoms with Crippen molar-refractivity contribution >= 4 is 27.6 Å². The molecule has 0 aromatic carbocycles. The lowest BCUT2D eigenvalue weighted by Crippen LogP contribution is -2.85. The number of aliphatic hydroxyl groups excluding tert-OH is 1. The molecule has 11 heteroatoms. The maximum atomic E-state index is 14.2.